The highest BCUT2D eigenvalue weighted by atomic mass is 32.2. The van der Waals surface area contributed by atoms with Crippen molar-refractivity contribution in [1.82, 2.24) is 35.2 Å². The molecule has 0 aliphatic rings. The van der Waals surface area contributed by atoms with Gasteiger partial charge in [-0.1, -0.05) is 62.4 Å². The number of pyridine rings is 1. The second-order valence-corrected chi connectivity index (χ2v) is 9.31. The molecular weight excluding hydrogens is 442 g/mol. The predicted molar refractivity (Wildman–Crippen MR) is 137 cm³/mol. The summed E-state index contributed by atoms with van der Waals surface area (Å²) in [7, 11) is 0. The molecule has 1 N–H and O–H groups in total. The molecule has 0 saturated heterocycles. The van der Waals surface area contributed by atoms with Gasteiger partial charge in [-0.25, -0.2) is 15.1 Å². The average Bonchev–Trinajstić information content (AvgIpc) is 3.52. The van der Waals surface area contributed by atoms with E-state index in [-0.39, 0.29) is 0 Å². The largest absolute Gasteiger partial charge is 0.308 e. The van der Waals surface area contributed by atoms with Crippen molar-refractivity contribution >= 4 is 22.9 Å². The number of nitrogens with zero attached hydrogens (tertiary/aromatic N) is 6. The maximum absolute atomic E-state index is 4.96. The highest BCUT2D eigenvalue weighted by Crippen LogP contribution is 2.30. The van der Waals surface area contributed by atoms with E-state index < -0.39 is 0 Å². The van der Waals surface area contributed by atoms with Gasteiger partial charge in [0.05, 0.1) is 11.6 Å². The average molecular weight is 470 g/mol. The molecule has 0 amide bonds. The summed E-state index contributed by atoms with van der Waals surface area (Å²) in [6.45, 7) is 5.13. The summed E-state index contributed by atoms with van der Waals surface area (Å²) in [4.78, 5) is 9.85. The fourth-order valence-corrected chi connectivity index (χ4v) is 4.81. The minimum absolute atomic E-state index is 0.664. The van der Waals surface area contributed by atoms with Gasteiger partial charge in [-0.15, -0.1) is 16.9 Å². The first-order chi connectivity index (χ1) is 16.8. The fraction of sp³-hybridized carbons (Fsp3) is 0.269. The number of rotatable bonds is 9. The van der Waals surface area contributed by atoms with Gasteiger partial charge in [-0.05, 0) is 57.8 Å². The number of hydrogen-bond acceptors (Lipinski definition) is 6. The quantitative estimate of drug-likeness (QED) is 0.275. The molecule has 2 aromatic carbocycles. The molecule has 0 spiro atoms. The lowest BCUT2D eigenvalue weighted by molar-refractivity contribution is 0.715. The standard InChI is InChI=1S/C26H27N7S/c1-3-7-23-27-22-14-15-24(34-16-4-2)28-26(22)33(23)17-18-10-12-19(13-11-18)20-8-5-6-9-21(20)25-29-31-32-30-25/h5-6,8-15H,3-4,7,16-17H2,1-2H3,(H,29,30,31,32). The summed E-state index contributed by atoms with van der Waals surface area (Å²) in [6.07, 6.45) is 3.12. The lowest BCUT2D eigenvalue weighted by atomic mass is 9.98. The molecule has 5 aromatic rings. The molecule has 7 nitrogen and oxygen atoms in total. The Morgan fingerprint density at radius 3 is 2.44 bits per heavy atom. The van der Waals surface area contributed by atoms with E-state index in [1.807, 2.05) is 18.2 Å². The van der Waals surface area contributed by atoms with E-state index in [0.717, 1.165) is 70.3 Å². The van der Waals surface area contributed by atoms with E-state index in [4.69, 9.17) is 9.97 Å². The maximum Gasteiger partial charge on any atom is 0.180 e. The van der Waals surface area contributed by atoms with Crippen molar-refractivity contribution in [3.05, 3.63) is 72.1 Å². The molecule has 0 unspecified atom stereocenters. The molecule has 3 heterocycles. The van der Waals surface area contributed by atoms with Crippen LogP contribution in [0.3, 0.4) is 0 Å². The van der Waals surface area contributed by atoms with Crippen molar-refractivity contribution in [2.45, 2.75) is 44.7 Å². The SMILES string of the molecule is CCCSc1ccc2nc(CCC)n(Cc3ccc(-c4ccccc4-c4nnn[nH]4)cc3)c2n1. The number of fused-ring (bicyclic) bond motifs is 1. The van der Waals surface area contributed by atoms with Gasteiger partial charge in [-0.3, -0.25) is 0 Å². The van der Waals surface area contributed by atoms with Crippen LogP contribution in [0.5, 0.6) is 0 Å². The number of aromatic amines is 1. The van der Waals surface area contributed by atoms with Crippen LogP contribution in [0, 0.1) is 0 Å². The normalized spacial score (nSPS) is 11.4. The Morgan fingerprint density at radius 2 is 1.71 bits per heavy atom. The number of tetrazole rings is 1. The van der Waals surface area contributed by atoms with Gasteiger partial charge in [0.1, 0.15) is 11.3 Å². The van der Waals surface area contributed by atoms with Crippen LogP contribution in [0.2, 0.25) is 0 Å². The number of H-pyrrole nitrogens is 1. The van der Waals surface area contributed by atoms with E-state index in [1.165, 1.54) is 5.56 Å². The van der Waals surface area contributed by atoms with Crippen LogP contribution >= 0.6 is 11.8 Å². The van der Waals surface area contributed by atoms with Crippen molar-refractivity contribution in [3.63, 3.8) is 0 Å². The van der Waals surface area contributed by atoms with Crippen LogP contribution in [0.4, 0.5) is 0 Å². The Bertz CT molecular complexity index is 1370. The molecule has 34 heavy (non-hydrogen) atoms. The number of aryl methyl sites for hydroxylation is 1. The Morgan fingerprint density at radius 1 is 0.882 bits per heavy atom. The lowest BCUT2D eigenvalue weighted by Gasteiger charge is -2.11. The zero-order chi connectivity index (χ0) is 23.3. The molecule has 5 rings (SSSR count). The topological polar surface area (TPSA) is 85.2 Å². The van der Waals surface area contributed by atoms with Crippen molar-refractivity contribution < 1.29 is 0 Å². The maximum atomic E-state index is 4.96. The van der Waals surface area contributed by atoms with Crippen LogP contribution in [0.25, 0.3) is 33.7 Å². The van der Waals surface area contributed by atoms with Gasteiger partial charge in [-0.2, -0.15) is 0 Å². The number of benzene rings is 2. The summed E-state index contributed by atoms with van der Waals surface area (Å²) in [5.74, 6) is 2.83. The first-order valence-corrected chi connectivity index (χ1v) is 12.7. The lowest BCUT2D eigenvalue weighted by Crippen LogP contribution is -2.06. The van der Waals surface area contributed by atoms with E-state index in [2.05, 4.69) is 81.5 Å². The fourth-order valence-electron chi connectivity index (χ4n) is 4.09. The smallest absolute Gasteiger partial charge is 0.180 e. The van der Waals surface area contributed by atoms with E-state index in [1.54, 1.807) is 11.8 Å². The van der Waals surface area contributed by atoms with Crippen LogP contribution in [0.1, 0.15) is 38.1 Å². The molecule has 0 bridgehead atoms. The number of imidazole rings is 1. The Hall–Kier alpha value is -3.52. The van der Waals surface area contributed by atoms with Crippen molar-refractivity contribution in [1.29, 1.82) is 0 Å². The number of hydrogen-bond donors (Lipinski definition) is 1. The van der Waals surface area contributed by atoms with Gasteiger partial charge < -0.3 is 4.57 Å². The van der Waals surface area contributed by atoms with Gasteiger partial charge in [0, 0.05) is 12.0 Å². The number of thioether (sulfide) groups is 1. The van der Waals surface area contributed by atoms with Crippen molar-refractivity contribution in [3.8, 4) is 22.5 Å². The summed E-state index contributed by atoms with van der Waals surface area (Å²) < 4.78 is 2.28. The molecule has 172 valence electrons. The number of aromatic nitrogens is 7. The van der Waals surface area contributed by atoms with Gasteiger partial charge in [0.15, 0.2) is 11.5 Å². The highest BCUT2D eigenvalue weighted by molar-refractivity contribution is 7.99. The Kier molecular flexibility index (Phi) is 6.67. The molecule has 8 heteroatoms. The van der Waals surface area contributed by atoms with Crippen LogP contribution in [-0.2, 0) is 13.0 Å². The number of nitrogens with one attached hydrogen (secondary N) is 1. The summed E-state index contributed by atoms with van der Waals surface area (Å²) in [6, 6.07) is 21.0. The predicted octanol–water partition coefficient (Wildman–Crippen LogP) is 5.78. The summed E-state index contributed by atoms with van der Waals surface area (Å²) in [5, 5.41) is 15.5. The molecule has 0 aliphatic heterocycles. The van der Waals surface area contributed by atoms with Crippen molar-refractivity contribution in [2.75, 3.05) is 5.75 Å². The third kappa shape index (κ3) is 4.59. The third-order valence-electron chi connectivity index (χ3n) is 5.71. The van der Waals surface area contributed by atoms with E-state index in [0.29, 0.717) is 5.82 Å². The van der Waals surface area contributed by atoms with E-state index >= 15 is 0 Å². The zero-order valence-corrected chi connectivity index (χ0v) is 20.2. The molecule has 0 atom stereocenters. The van der Waals surface area contributed by atoms with Crippen LogP contribution in [-0.4, -0.2) is 40.9 Å². The molecular formula is C26H27N7S. The van der Waals surface area contributed by atoms with Gasteiger partial charge in [0.25, 0.3) is 0 Å². The second-order valence-electron chi connectivity index (χ2n) is 8.20. The highest BCUT2D eigenvalue weighted by Gasteiger charge is 2.14. The Labute approximate surface area is 203 Å². The van der Waals surface area contributed by atoms with Crippen LogP contribution < -0.4 is 0 Å². The monoisotopic (exact) mass is 469 g/mol. The van der Waals surface area contributed by atoms with Gasteiger partial charge in [0.2, 0.25) is 0 Å². The summed E-state index contributed by atoms with van der Waals surface area (Å²) in [5.41, 5.74) is 6.34. The third-order valence-corrected chi connectivity index (χ3v) is 6.84. The molecule has 3 aromatic heterocycles. The van der Waals surface area contributed by atoms with E-state index in [9.17, 15) is 0 Å². The first-order valence-electron chi connectivity index (χ1n) is 11.7. The summed E-state index contributed by atoms with van der Waals surface area (Å²) >= 11 is 1.80. The van der Waals surface area contributed by atoms with Crippen molar-refractivity contribution in [2.24, 2.45) is 0 Å². The zero-order valence-electron chi connectivity index (χ0n) is 19.4. The van der Waals surface area contributed by atoms with Crippen LogP contribution in [0.15, 0.2) is 65.7 Å². The minimum atomic E-state index is 0.664. The Balaban J connectivity index is 1.46. The molecule has 0 saturated carbocycles. The molecule has 0 fully saturated rings. The second kappa shape index (κ2) is 10.2. The first kappa shape index (κ1) is 22.3. The minimum Gasteiger partial charge on any atom is -0.308 e. The van der Waals surface area contributed by atoms with Gasteiger partial charge >= 0.3 is 0 Å². The molecule has 0 aliphatic carbocycles. The molecule has 0 radical (unpaired) electrons.